The van der Waals surface area contributed by atoms with Crippen molar-refractivity contribution >= 4 is 39.5 Å². The van der Waals surface area contributed by atoms with Crippen molar-refractivity contribution in [1.29, 1.82) is 0 Å². The van der Waals surface area contributed by atoms with Crippen LogP contribution in [0.15, 0.2) is 71.9 Å². The Morgan fingerprint density at radius 3 is 2.44 bits per heavy atom. The lowest BCUT2D eigenvalue weighted by Crippen LogP contribution is -2.07. The first-order chi connectivity index (χ1) is 20.4. The molecule has 15 heteroatoms. The van der Waals surface area contributed by atoms with Gasteiger partial charge in [0.05, 0.1) is 34.1 Å². The Labute approximate surface area is 237 Å². The van der Waals surface area contributed by atoms with Crippen molar-refractivity contribution in [1.82, 2.24) is 30.0 Å². The van der Waals surface area contributed by atoms with Gasteiger partial charge in [-0.1, -0.05) is 11.8 Å². The van der Waals surface area contributed by atoms with Crippen LogP contribution in [0.4, 0.5) is 49.2 Å². The monoisotopic (exact) mass is 594 g/mol. The fraction of sp³-hybridized carbons (Fsp3) is 0.107. The molecule has 216 valence electrons. The molecule has 0 amide bonds. The minimum atomic E-state index is -4.62. The number of halogens is 6. The van der Waals surface area contributed by atoms with Crippen molar-refractivity contribution < 1.29 is 30.8 Å². The van der Waals surface area contributed by atoms with Crippen molar-refractivity contribution in [3.8, 4) is 11.8 Å². The number of tetrazole rings is 1. The summed E-state index contributed by atoms with van der Waals surface area (Å²) < 4.78 is 87.2. The number of alkyl halides is 6. The molecule has 0 saturated heterocycles. The van der Waals surface area contributed by atoms with Crippen molar-refractivity contribution in [2.45, 2.75) is 19.3 Å². The molecule has 0 atom stereocenters. The number of fused-ring (bicyclic) bond motifs is 2. The highest BCUT2D eigenvalue weighted by Crippen LogP contribution is 2.37. The molecule has 0 aliphatic heterocycles. The summed E-state index contributed by atoms with van der Waals surface area (Å²) in [5, 5.41) is 17.3. The van der Waals surface area contributed by atoms with Gasteiger partial charge in [0.2, 0.25) is 0 Å². The highest BCUT2D eigenvalue weighted by molar-refractivity contribution is 5.97. The van der Waals surface area contributed by atoms with Gasteiger partial charge in [-0.2, -0.15) is 30.9 Å². The van der Waals surface area contributed by atoms with Gasteiger partial charge >= 0.3 is 12.4 Å². The normalized spacial score (nSPS) is 11.9. The maximum absolute atomic E-state index is 13.4. The van der Waals surface area contributed by atoms with Crippen LogP contribution in [-0.2, 0) is 12.4 Å². The van der Waals surface area contributed by atoms with E-state index in [1.807, 2.05) is 0 Å². The predicted octanol–water partition coefficient (Wildman–Crippen LogP) is 6.89. The largest absolute Gasteiger partial charge is 0.461 e. The number of rotatable bonds is 4. The second-order valence-corrected chi connectivity index (χ2v) is 9.32. The summed E-state index contributed by atoms with van der Waals surface area (Å²) >= 11 is 0. The third kappa shape index (κ3) is 5.75. The first-order valence-electron chi connectivity index (χ1n) is 12.3. The van der Waals surface area contributed by atoms with E-state index in [2.05, 4.69) is 48.0 Å². The van der Waals surface area contributed by atoms with Crippen LogP contribution in [0.25, 0.3) is 16.6 Å². The van der Waals surface area contributed by atoms with Crippen molar-refractivity contribution in [2.24, 2.45) is 0 Å². The predicted molar refractivity (Wildman–Crippen MR) is 143 cm³/mol. The molecule has 0 aliphatic rings. The van der Waals surface area contributed by atoms with Crippen LogP contribution in [0.2, 0.25) is 0 Å². The number of pyridine rings is 3. The molecule has 2 N–H and O–H groups in total. The fourth-order valence-corrected chi connectivity index (χ4v) is 4.22. The number of aromatic nitrogens is 6. The molecule has 0 fully saturated rings. The lowest BCUT2D eigenvalue weighted by atomic mass is 10.1. The number of anilines is 4. The van der Waals surface area contributed by atoms with Gasteiger partial charge < -0.3 is 15.1 Å². The van der Waals surface area contributed by atoms with E-state index in [-0.39, 0.29) is 28.3 Å². The SMILES string of the molecule is Cc1cc(Nc2coc3c(C#Cc4ccc5nnnn5c4)c(Nc4cncc(C(F)(F)F)c4)ncc23)cc(C(F)(F)F)c1. The van der Waals surface area contributed by atoms with Gasteiger partial charge in [-0.25, -0.2) is 4.98 Å². The molecule has 0 radical (unpaired) electrons. The third-order valence-corrected chi connectivity index (χ3v) is 6.15. The molecule has 0 unspecified atom stereocenters. The topological polar surface area (TPSA) is 106 Å². The van der Waals surface area contributed by atoms with Gasteiger partial charge in [-0.05, 0) is 59.3 Å². The maximum Gasteiger partial charge on any atom is 0.417 e. The van der Waals surface area contributed by atoms with Gasteiger partial charge in [-0.15, -0.1) is 5.10 Å². The Bertz CT molecular complexity index is 2050. The summed E-state index contributed by atoms with van der Waals surface area (Å²) in [6.45, 7) is 1.54. The number of nitrogens with zero attached hydrogens (tertiary/aromatic N) is 6. The van der Waals surface area contributed by atoms with E-state index < -0.39 is 23.5 Å². The van der Waals surface area contributed by atoms with Gasteiger partial charge in [0.15, 0.2) is 11.2 Å². The van der Waals surface area contributed by atoms with Crippen LogP contribution >= 0.6 is 0 Å². The number of hydrogen-bond acceptors (Lipinski definition) is 8. The van der Waals surface area contributed by atoms with Crippen LogP contribution in [0, 0.1) is 18.8 Å². The lowest BCUT2D eigenvalue weighted by molar-refractivity contribution is -0.138. The average Bonchev–Trinajstić information content (AvgIpc) is 3.58. The molecule has 0 spiro atoms. The van der Waals surface area contributed by atoms with E-state index in [1.54, 1.807) is 18.3 Å². The summed E-state index contributed by atoms with van der Waals surface area (Å²) in [5.41, 5.74) is 0.365. The van der Waals surface area contributed by atoms with Crippen LogP contribution in [0.5, 0.6) is 0 Å². The summed E-state index contributed by atoms with van der Waals surface area (Å²) in [7, 11) is 0. The van der Waals surface area contributed by atoms with Crippen LogP contribution in [-0.4, -0.2) is 30.0 Å². The molecular weight excluding hydrogens is 578 g/mol. The van der Waals surface area contributed by atoms with E-state index >= 15 is 0 Å². The fourth-order valence-electron chi connectivity index (χ4n) is 4.22. The first kappa shape index (κ1) is 27.5. The van der Waals surface area contributed by atoms with Gasteiger partial charge in [0.25, 0.3) is 0 Å². The van der Waals surface area contributed by atoms with Crippen LogP contribution in [0.1, 0.15) is 27.8 Å². The van der Waals surface area contributed by atoms with Crippen LogP contribution < -0.4 is 10.6 Å². The molecule has 0 bridgehead atoms. The average molecular weight is 594 g/mol. The highest BCUT2D eigenvalue weighted by atomic mass is 19.4. The van der Waals surface area contributed by atoms with E-state index in [9.17, 15) is 26.3 Å². The molecular formula is C28H16F6N8O. The zero-order valence-electron chi connectivity index (χ0n) is 21.7. The number of aryl methyl sites for hydroxylation is 1. The minimum Gasteiger partial charge on any atom is -0.461 e. The number of hydrogen-bond donors (Lipinski definition) is 2. The molecule has 0 aliphatic carbocycles. The smallest absolute Gasteiger partial charge is 0.417 e. The van der Waals surface area contributed by atoms with Crippen LogP contribution in [0.3, 0.4) is 0 Å². The Morgan fingerprint density at radius 2 is 1.65 bits per heavy atom. The second kappa shape index (κ2) is 10.3. The van der Waals surface area contributed by atoms with E-state index in [0.29, 0.717) is 34.0 Å². The maximum atomic E-state index is 13.4. The number of benzene rings is 1. The standard InChI is InChI=1S/C28H16F6N8O/c1-15-6-17(27(29,30)31)8-19(7-15)37-23-14-43-25-21(4-2-16-3-5-24-39-40-41-42(24)13-16)26(36-12-22(23)25)38-20-9-18(10-35-11-20)28(32,33)34/h3,5-14,37H,1H3,(H,36,38). The van der Waals surface area contributed by atoms with Crippen molar-refractivity contribution in [3.05, 3.63) is 95.3 Å². The molecule has 1 aromatic carbocycles. The van der Waals surface area contributed by atoms with E-state index in [0.717, 1.165) is 18.2 Å². The minimum absolute atomic E-state index is 0.0100. The summed E-state index contributed by atoms with van der Waals surface area (Å²) in [6, 6.07) is 7.71. The molecule has 6 aromatic rings. The van der Waals surface area contributed by atoms with Gasteiger partial charge in [-0.3, -0.25) is 4.98 Å². The Balaban J connectivity index is 1.44. The molecule has 0 saturated carbocycles. The molecule has 5 heterocycles. The third-order valence-electron chi connectivity index (χ3n) is 6.15. The Kier molecular flexibility index (Phi) is 6.60. The van der Waals surface area contributed by atoms with E-state index in [4.69, 9.17) is 4.42 Å². The molecule has 5 aromatic heterocycles. The number of furan rings is 1. The summed E-state index contributed by atoms with van der Waals surface area (Å²) in [6.07, 6.45) is -3.06. The van der Waals surface area contributed by atoms with Crippen molar-refractivity contribution in [2.75, 3.05) is 10.6 Å². The second-order valence-electron chi connectivity index (χ2n) is 9.32. The molecule has 6 rings (SSSR count). The summed E-state index contributed by atoms with van der Waals surface area (Å²) in [4.78, 5) is 8.01. The quantitative estimate of drug-likeness (QED) is 0.168. The zero-order chi connectivity index (χ0) is 30.4. The summed E-state index contributed by atoms with van der Waals surface area (Å²) in [5.74, 6) is 5.94. The van der Waals surface area contributed by atoms with Crippen molar-refractivity contribution in [3.63, 3.8) is 0 Å². The molecule has 9 nitrogen and oxygen atoms in total. The molecule has 43 heavy (non-hydrogen) atoms. The Hall–Kier alpha value is -5.65. The first-order valence-corrected chi connectivity index (χ1v) is 12.3. The number of nitrogens with one attached hydrogen (secondary N) is 2. The zero-order valence-corrected chi connectivity index (χ0v) is 21.7. The van der Waals surface area contributed by atoms with E-state index in [1.165, 1.54) is 36.2 Å². The van der Waals surface area contributed by atoms with Gasteiger partial charge in [0, 0.05) is 29.8 Å². The Morgan fingerprint density at radius 1 is 0.860 bits per heavy atom. The van der Waals surface area contributed by atoms with Gasteiger partial charge in [0.1, 0.15) is 17.6 Å². The lowest BCUT2D eigenvalue weighted by Gasteiger charge is -2.12. The highest BCUT2D eigenvalue weighted by Gasteiger charge is 2.32.